The van der Waals surface area contributed by atoms with Gasteiger partial charge in [-0.1, -0.05) is 24.3 Å². The van der Waals surface area contributed by atoms with E-state index in [4.69, 9.17) is 4.74 Å². The van der Waals surface area contributed by atoms with Crippen molar-refractivity contribution < 1.29 is 13.2 Å². The number of hydrogen-bond donors (Lipinski definition) is 2. The standard InChI is InChI=1S/C23H34N4O3S/c1-17(2)27(5)31(28,29)21-11-9-20(10-12-21)16-26-23(24-4)25-14-13-19-8-7-18(3)22(15-19)30-6/h7-12,15,17H,13-14,16H2,1-6H3,(H2,24,25,26). The van der Waals surface area contributed by atoms with Crippen LogP contribution in [0.3, 0.4) is 0 Å². The number of aryl methyl sites for hydroxylation is 1. The molecule has 31 heavy (non-hydrogen) atoms. The number of benzene rings is 2. The molecule has 0 saturated carbocycles. The Hall–Kier alpha value is -2.58. The number of ether oxygens (including phenoxy) is 1. The third-order valence-corrected chi connectivity index (χ3v) is 7.24. The maximum atomic E-state index is 12.6. The minimum atomic E-state index is -3.47. The molecule has 0 heterocycles. The number of rotatable bonds is 9. The van der Waals surface area contributed by atoms with Gasteiger partial charge < -0.3 is 15.4 Å². The zero-order valence-electron chi connectivity index (χ0n) is 19.3. The van der Waals surface area contributed by atoms with Gasteiger partial charge in [0.25, 0.3) is 0 Å². The maximum absolute atomic E-state index is 12.6. The second-order valence-electron chi connectivity index (χ2n) is 7.67. The highest BCUT2D eigenvalue weighted by Crippen LogP contribution is 2.19. The van der Waals surface area contributed by atoms with Gasteiger partial charge in [0.05, 0.1) is 12.0 Å². The second kappa shape index (κ2) is 11.2. The molecule has 0 aliphatic heterocycles. The van der Waals surface area contributed by atoms with Crippen LogP contribution in [0.1, 0.15) is 30.5 Å². The Morgan fingerprint density at radius 2 is 1.74 bits per heavy atom. The Kier molecular flexibility index (Phi) is 8.88. The molecule has 0 saturated heterocycles. The fourth-order valence-electron chi connectivity index (χ4n) is 2.97. The van der Waals surface area contributed by atoms with E-state index in [0.717, 1.165) is 29.8 Å². The summed E-state index contributed by atoms with van der Waals surface area (Å²) >= 11 is 0. The molecular weight excluding hydrogens is 412 g/mol. The van der Waals surface area contributed by atoms with Crippen molar-refractivity contribution in [1.82, 2.24) is 14.9 Å². The normalized spacial score (nSPS) is 12.3. The molecule has 7 nitrogen and oxygen atoms in total. The fourth-order valence-corrected chi connectivity index (χ4v) is 4.34. The predicted octanol–water partition coefficient (Wildman–Crippen LogP) is 2.94. The van der Waals surface area contributed by atoms with Crippen molar-refractivity contribution in [1.29, 1.82) is 0 Å². The monoisotopic (exact) mass is 446 g/mol. The van der Waals surface area contributed by atoms with E-state index in [-0.39, 0.29) is 6.04 Å². The quantitative estimate of drug-likeness (QED) is 0.457. The molecule has 0 unspecified atom stereocenters. The topological polar surface area (TPSA) is 83.0 Å². The van der Waals surface area contributed by atoms with Crippen molar-refractivity contribution in [3.05, 3.63) is 59.2 Å². The molecule has 0 spiro atoms. The summed E-state index contributed by atoms with van der Waals surface area (Å²) in [6.45, 7) is 6.99. The van der Waals surface area contributed by atoms with E-state index in [2.05, 4.69) is 33.8 Å². The van der Waals surface area contributed by atoms with Crippen LogP contribution in [0.25, 0.3) is 0 Å². The Balaban J connectivity index is 1.88. The summed E-state index contributed by atoms with van der Waals surface area (Å²) in [4.78, 5) is 4.54. The zero-order chi connectivity index (χ0) is 23.0. The van der Waals surface area contributed by atoms with Crippen LogP contribution in [0.5, 0.6) is 5.75 Å². The lowest BCUT2D eigenvalue weighted by molar-refractivity contribution is 0.410. The largest absolute Gasteiger partial charge is 0.496 e. The Bertz CT molecular complexity index is 986. The molecule has 2 aromatic carbocycles. The molecule has 0 aromatic heterocycles. The minimum absolute atomic E-state index is 0.0956. The molecule has 2 rings (SSSR count). The summed E-state index contributed by atoms with van der Waals surface area (Å²) in [7, 11) is 1.53. The first-order chi connectivity index (χ1) is 14.7. The van der Waals surface area contributed by atoms with Crippen LogP contribution in [0.4, 0.5) is 0 Å². The van der Waals surface area contributed by atoms with Crippen molar-refractivity contribution in [3.63, 3.8) is 0 Å². The van der Waals surface area contributed by atoms with E-state index < -0.39 is 10.0 Å². The lowest BCUT2D eigenvalue weighted by atomic mass is 10.1. The van der Waals surface area contributed by atoms with E-state index in [9.17, 15) is 8.42 Å². The van der Waals surface area contributed by atoms with Gasteiger partial charge in [0.2, 0.25) is 10.0 Å². The fraction of sp³-hybridized carbons (Fsp3) is 0.435. The molecule has 2 aromatic rings. The van der Waals surface area contributed by atoms with Crippen molar-refractivity contribution in [2.45, 2.75) is 44.7 Å². The third kappa shape index (κ3) is 6.70. The average Bonchev–Trinajstić information content (AvgIpc) is 2.76. The Morgan fingerprint density at radius 1 is 1.10 bits per heavy atom. The summed E-state index contributed by atoms with van der Waals surface area (Å²) in [6, 6.07) is 13.0. The van der Waals surface area contributed by atoms with E-state index in [1.54, 1.807) is 33.3 Å². The van der Waals surface area contributed by atoms with Crippen LogP contribution in [0.15, 0.2) is 52.4 Å². The van der Waals surface area contributed by atoms with Gasteiger partial charge >= 0.3 is 0 Å². The molecule has 0 aliphatic carbocycles. The van der Waals surface area contributed by atoms with Gasteiger partial charge in [-0.3, -0.25) is 4.99 Å². The predicted molar refractivity (Wildman–Crippen MR) is 126 cm³/mol. The lowest BCUT2D eigenvalue weighted by Crippen LogP contribution is -2.37. The van der Waals surface area contributed by atoms with Gasteiger partial charge in [-0.15, -0.1) is 0 Å². The smallest absolute Gasteiger partial charge is 0.243 e. The van der Waals surface area contributed by atoms with Gasteiger partial charge in [0.1, 0.15) is 5.75 Å². The molecule has 0 radical (unpaired) electrons. The van der Waals surface area contributed by atoms with Crippen LogP contribution in [0.2, 0.25) is 0 Å². The van der Waals surface area contributed by atoms with Crippen LogP contribution in [-0.2, 0) is 23.0 Å². The van der Waals surface area contributed by atoms with Crippen LogP contribution >= 0.6 is 0 Å². The third-order valence-electron chi connectivity index (χ3n) is 5.19. The number of aliphatic imine (C=N–C) groups is 1. The number of nitrogens with one attached hydrogen (secondary N) is 2. The molecule has 2 N–H and O–H groups in total. The first-order valence-corrected chi connectivity index (χ1v) is 11.8. The van der Waals surface area contributed by atoms with Crippen molar-refractivity contribution in [2.24, 2.45) is 4.99 Å². The number of hydrogen-bond acceptors (Lipinski definition) is 4. The Labute approximate surface area is 186 Å². The molecule has 0 fully saturated rings. The van der Waals surface area contributed by atoms with E-state index in [0.29, 0.717) is 17.4 Å². The lowest BCUT2D eigenvalue weighted by Gasteiger charge is -2.21. The summed E-state index contributed by atoms with van der Waals surface area (Å²) in [6.07, 6.45) is 0.841. The summed E-state index contributed by atoms with van der Waals surface area (Å²) in [5.74, 6) is 1.58. The highest BCUT2D eigenvalue weighted by Gasteiger charge is 2.22. The molecule has 170 valence electrons. The van der Waals surface area contributed by atoms with Gasteiger partial charge in [-0.2, -0.15) is 4.31 Å². The van der Waals surface area contributed by atoms with Gasteiger partial charge in [-0.25, -0.2) is 8.42 Å². The van der Waals surface area contributed by atoms with Crippen molar-refractivity contribution in [2.75, 3.05) is 27.7 Å². The average molecular weight is 447 g/mol. The molecular formula is C23H34N4O3S. The molecule has 0 amide bonds. The van der Waals surface area contributed by atoms with Gasteiger partial charge in [-0.05, 0) is 62.1 Å². The van der Waals surface area contributed by atoms with E-state index in [1.165, 1.54) is 9.87 Å². The zero-order valence-corrected chi connectivity index (χ0v) is 20.1. The van der Waals surface area contributed by atoms with Crippen LogP contribution in [-0.4, -0.2) is 52.5 Å². The SMILES string of the molecule is CN=C(NCCc1ccc(C)c(OC)c1)NCc1ccc(S(=O)(=O)N(C)C(C)C)cc1. The van der Waals surface area contributed by atoms with Gasteiger partial charge in [0.15, 0.2) is 5.96 Å². The maximum Gasteiger partial charge on any atom is 0.243 e. The first-order valence-electron chi connectivity index (χ1n) is 10.3. The number of sulfonamides is 1. The Morgan fingerprint density at radius 3 is 2.32 bits per heavy atom. The van der Waals surface area contributed by atoms with Gasteiger partial charge in [0, 0.05) is 33.2 Å². The molecule has 0 atom stereocenters. The summed E-state index contributed by atoms with van der Waals surface area (Å²) in [5, 5.41) is 6.56. The summed E-state index contributed by atoms with van der Waals surface area (Å²) in [5.41, 5.74) is 3.28. The van der Waals surface area contributed by atoms with Crippen molar-refractivity contribution in [3.8, 4) is 5.75 Å². The molecule has 0 bridgehead atoms. The molecule has 8 heteroatoms. The number of guanidine groups is 1. The van der Waals surface area contributed by atoms with Crippen molar-refractivity contribution >= 4 is 16.0 Å². The first kappa shape index (κ1) is 24.7. The summed E-state index contributed by atoms with van der Waals surface area (Å²) < 4.78 is 31.9. The number of methoxy groups -OCH3 is 1. The highest BCUT2D eigenvalue weighted by atomic mass is 32.2. The number of nitrogens with zero attached hydrogens (tertiary/aromatic N) is 2. The second-order valence-corrected chi connectivity index (χ2v) is 9.66. The van der Waals surface area contributed by atoms with Crippen LogP contribution in [0, 0.1) is 6.92 Å². The highest BCUT2D eigenvalue weighted by molar-refractivity contribution is 7.89. The van der Waals surface area contributed by atoms with Crippen LogP contribution < -0.4 is 15.4 Å². The van der Waals surface area contributed by atoms with E-state index in [1.807, 2.05) is 32.9 Å². The van der Waals surface area contributed by atoms with E-state index >= 15 is 0 Å². The minimum Gasteiger partial charge on any atom is -0.496 e. The molecule has 0 aliphatic rings.